The average molecular weight is 405 g/mol. The predicted molar refractivity (Wildman–Crippen MR) is 87.2 cm³/mol. The molecule has 0 N–H and O–H groups in total. The van der Waals surface area contributed by atoms with Gasteiger partial charge in [0.1, 0.15) is 5.75 Å². The highest BCUT2D eigenvalue weighted by Gasteiger charge is 2.34. The molecule has 5 heteroatoms. The van der Waals surface area contributed by atoms with E-state index >= 15 is 0 Å². The van der Waals surface area contributed by atoms with E-state index in [1.807, 2.05) is 31.0 Å². The second-order valence-corrected chi connectivity index (χ2v) is 6.86. The third-order valence-electron chi connectivity index (χ3n) is 3.80. The molecule has 0 saturated heterocycles. The van der Waals surface area contributed by atoms with Crippen LogP contribution in [0.2, 0.25) is 0 Å². The van der Waals surface area contributed by atoms with E-state index in [1.54, 1.807) is 7.11 Å². The van der Waals surface area contributed by atoms with Crippen molar-refractivity contribution in [3.63, 3.8) is 0 Å². The van der Waals surface area contributed by atoms with Gasteiger partial charge in [-0.1, -0.05) is 22.9 Å². The minimum atomic E-state index is -0.128. The minimum absolute atomic E-state index is 0.128. The standard InChI is InChI=1S/C15H19Br2NO2/c1-4-10(15(19)18(2)9-5-6-9)11-7-14(20-3)13(17)8-12(11)16/h7-10H,4-6H2,1-3H3. The second kappa shape index (κ2) is 6.48. The number of rotatable bonds is 5. The van der Waals surface area contributed by atoms with Gasteiger partial charge in [0.05, 0.1) is 17.5 Å². The number of ether oxygens (including phenoxy) is 1. The van der Waals surface area contributed by atoms with Crippen LogP contribution in [0, 0.1) is 0 Å². The maximum absolute atomic E-state index is 12.6. The number of hydrogen-bond donors (Lipinski definition) is 0. The monoisotopic (exact) mass is 403 g/mol. The third-order valence-corrected chi connectivity index (χ3v) is 5.10. The number of nitrogens with zero attached hydrogens (tertiary/aromatic N) is 1. The van der Waals surface area contributed by atoms with E-state index < -0.39 is 0 Å². The molecule has 110 valence electrons. The Morgan fingerprint density at radius 3 is 2.55 bits per heavy atom. The summed E-state index contributed by atoms with van der Waals surface area (Å²) in [5.41, 5.74) is 0.991. The predicted octanol–water partition coefficient (Wildman–Crippen LogP) is 4.33. The quantitative estimate of drug-likeness (QED) is 0.730. The molecule has 20 heavy (non-hydrogen) atoms. The van der Waals surface area contributed by atoms with Gasteiger partial charge in [0.15, 0.2) is 0 Å². The zero-order valence-electron chi connectivity index (χ0n) is 12.0. The van der Waals surface area contributed by atoms with Crippen LogP contribution in [-0.4, -0.2) is 31.0 Å². The summed E-state index contributed by atoms with van der Waals surface area (Å²) in [5.74, 6) is 0.820. The molecule has 1 aliphatic rings. The minimum Gasteiger partial charge on any atom is -0.496 e. The van der Waals surface area contributed by atoms with Crippen LogP contribution in [0.4, 0.5) is 0 Å². The topological polar surface area (TPSA) is 29.5 Å². The van der Waals surface area contributed by atoms with E-state index in [0.29, 0.717) is 6.04 Å². The van der Waals surface area contributed by atoms with Crippen molar-refractivity contribution in [1.82, 2.24) is 4.90 Å². The van der Waals surface area contributed by atoms with Crippen molar-refractivity contribution >= 4 is 37.8 Å². The summed E-state index contributed by atoms with van der Waals surface area (Å²) in [4.78, 5) is 14.5. The Balaban J connectivity index is 2.33. The number of hydrogen-bond acceptors (Lipinski definition) is 2. The second-order valence-electron chi connectivity index (χ2n) is 5.15. The molecule has 0 aromatic heterocycles. The highest BCUT2D eigenvalue weighted by Crippen LogP contribution is 2.38. The fraction of sp³-hybridized carbons (Fsp3) is 0.533. The van der Waals surface area contributed by atoms with Crippen LogP contribution >= 0.6 is 31.9 Å². The van der Waals surface area contributed by atoms with Gasteiger partial charge in [-0.15, -0.1) is 0 Å². The van der Waals surface area contributed by atoms with E-state index in [4.69, 9.17) is 4.74 Å². The molecule has 0 bridgehead atoms. The molecule has 1 aliphatic carbocycles. The summed E-state index contributed by atoms with van der Waals surface area (Å²) in [5, 5.41) is 0. The highest BCUT2D eigenvalue weighted by molar-refractivity contribution is 9.11. The highest BCUT2D eigenvalue weighted by atomic mass is 79.9. The zero-order chi connectivity index (χ0) is 14.9. The van der Waals surface area contributed by atoms with Crippen molar-refractivity contribution in [2.45, 2.75) is 38.1 Å². The lowest BCUT2D eigenvalue weighted by atomic mass is 9.94. The number of carbonyl (C=O) groups is 1. The van der Waals surface area contributed by atoms with Crippen LogP contribution in [0.3, 0.4) is 0 Å². The van der Waals surface area contributed by atoms with E-state index in [9.17, 15) is 4.79 Å². The summed E-state index contributed by atoms with van der Waals surface area (Å²) >= 11 is 7.03. The first kappa shape index (κ1) is 15.8. The maximum Gasteiger partial charge on any atom is 0.230 e. The van der Waals surface area contributed by atoms with Crippen molar-refractivity contribution in [3.8, 4) is 5.75 Å². The molecule has 1 unspecified atom stereocenters. The third kappa shape index (κ3) is 3.19. The number of methoxy groups -OCH3 is 1. The molecular formula is C15H19Br2NO2. The van der Waals surface area contributed by atoms with Crippen molar-refractivity contribution in [2.75, 3.05) is 14.2 Å². The Kier molecular flexibility index (Phi) is 5.13. The molecule has 2 rings (SSSR count). The van der Waals surface area contributed by atoms with Gasteiger partial charge in [0, 0.05) is 17.6 Å². The molecular weight excluding hydrogens is 386 g/mol. The molecule has 1 amide bonds. The molecule has 0 spiro atoms. The van der Waals surface area contributed by atoms with Crippen molar-refractivity contribution in [2.24, 2.45) is 0 Å². The summed E-state index contributed by atoms with van der Waals surface area (Å²) in [6.07, 6.45) is 3.03. The number of likely N-dealkylation sites (N-methyl/N-ethyl adjacent to an activating group) is 1. The van der Waals surface area contributed by atoms with Crippen LogP contribution in [-0.2, 0) is 4.79 Å². The first-order valence-electron chi connectivity index (χ1n) is 6.79. The van der Waals surface area contributed by atoms with Gasteiger partial charge in [0.25, 0.3) is 0 Å². The average Bonchev–Trinajstić information content (AvgIpc) is 3.25. The molecule has 0 aliphatic heterocycles. The first-order valence-corrected chi connectivity index (χ1v) is 8.37. The van der Waals surface area contributed by atoms with Crippen LogP contribution in [0.25, 0.3) is 0 Å². The Bertz CT molecular complexity index is 515. The maximum atomic E-state index is 12.6. The molecule has 0 heterocycles. The number of benzene rings is 1. The largest absolute Gasteiger partial charge is 0.496 e. The van der Waals surface area contributed by atoms with Crippen LogP contribution in [0.15, 0.2) is 21.1 Å². The fourth-order valence-corrected chi connectivity index (χ4v) is 3.82. The van der Waals surface area contributed by atoms with E-state index in [-0.39, 0.29) is 11.8 Å². The van der Waals surface area contributed by atoms with Crippen molar-refractivity contribution in [1.29, 1.82) is 0 Å². The SMILES string of the molecule is CCC(C(=O)N(C)C1CC1)c1cc(OC)c(Br)cc1Br. The summed E-state index contributed by atoms with van der Waals surface area (Å²) in [6.45, 7) is 2.05. The van der Waals surface area contributed by atoms with Crippen molar-refractivity contribution < 1.29 is 9.53 Å². The number of halogens is 2. The van der Waals surface area contributed by atoms with Crippen LogP contribution < -0.4 is 4.74 Å². The smallest absolute Gasteiger partial charge is 0.230 e. The van der Waals surface area contributed by atoms with Gasteiger partial charge in [-0.25, -0.2) is 0 Å². The Hall–Kier alpha value is -0.550. The van der Waals surface area contributed by atoms with Gasteiger partial charge in [-0.2, -0.15) is 0 Å². The van der Waals surface area contributed by atoms with Gasteiger partial charge in [-0.05, 0) is 52.9 Å². The van der Waals surface area contributed by atoms with Crippen LogP contribution in [0.5, 0.6) is 5.75 Å². The summed E-state index contributed by atoms with van der Waals surface area (Å²) < 4.78 is 7.16. The van der Waals surface area contributed by atoms with Gasteiger partial charge < -0.3 is 9.64 Å². The molecule has 1 fully saturated rings. The van der Waals surface area contributed by atoms with Crippen LogP contribution in [0.1, 0.15) is 37.7 Å². The van der Waals surface area contributed by atoms with Gasteiger partial charge >= 0.3 is 0 Å². The van der Waals surface area contributed by atoms with E-state index in [0.717, 1.165) is 39.5 Å². The van der Waals surface area contributed by atoms with E-state index in [1.165, 1.54) is 0 Å². The lowest BCUT2D eigenvalue weighted by Gasteiger charge is -2.24. The lowest BCUT2D eigenvalue weighted by molar-refractivity contribution is -0.132. The summed E-state index contributed by atoms with van der Waals surface area (Å²) in [6, 6.07) is 4.33. The van der Waals surface area contributed by atoms with Crippen molar-refractivity contribution in [3.05, 3.63) is 26.6 Å². The fourth-order valence-electron chi connectivity index (χ4n) is 2.38. The Morgan fingerprint density at radius 2 is 2.05 bits per heavy atom. The lowest BCUT2D eigenvalue weighted by Crippen LogP contribution is -2.33. The van der Waals surface area contributed by atoms with E-state index in [2.05, 4.69) is 31.9 Å². The number of amides is 1. The molecule has 0 radical (unpaired) electrons. The van der Waals surface area contributed by atoms with Gasteiger partial charge in [0.2, 0.25) is 5.91 Å². The Morgan fingerprint density at radius 1 is 1.40 bits per heavy atom. The zero-order valence-corrected chi connectivity index (χ0v) is 15.1. The first-order chi connectivity index (χ1) is 9.49. The normalized spacial score (nSPS) is 15.8. The van der Waals surface area contributed by atoms with Gasteiger partial charge in [-0.3, -0.25) is 4.79 Å². The molecule has 1 aromatic rings. The molecule has 1 atom stereocenters. The number of carbonyl (C=O) groups excluding carboxylic acids is 1. The molecule has 1 aromatic carbocycles. The Labute approximate surface area is 136 Å². The summed E-state index contributed by atoms with van der Waals surface area (Å²) in [7, 11) is 3.55. The molecule has 3 nitrogen and oxygen atoms in total. The molecule has 1 saturated carbocycles.